The first-order valence-corrected chi connectivity index (χ1v) is 7.42. The number of halogens is 1. The van der Waals surface area contributed by atoms with E-state index in [4.69, 9.17) is 14.7 Å². The molecular formula is C14H11BrN4O4. The van der Waals surface area contributed by atoms with Gasteiger partial charge in [-0.15, -0.1) is 0 Å². The number of imidazole rings is 1. The van der Waals surface area contributed by atoms with Gasteiger partial charge in [-0.25, -0.2) is 0 Å². The van der Waals surface area contributed by atoms with Gasteiger partial charge in [-0.05, 0) is 30.0 Å². The van der Waals surface area contributed by atoms with Crippen LogP contribution in [-0.4, -0.2) is 26.7 Å². The van der Waals surface area contributed by atoms with Crippen molar-refractivity contribution >= 4 is 21.7 Å². The van der Waals surface area contributed by atoms with Crippen molar-refractivity contribution in [2.24, 2.45) is 0 Å². The second kappa shape index (κ2) is 5.55. The second-order valence-electron chi connectivity index (χ2n) is 5.36. The van der Waals surface area contributed by atoms with Crippen molar-refractivity contribution in [2.45, 2.75) is 19.1 Å². The Morgan fingerprint density at radius 3 is 3.09 bits per heavy atom. The molecule has 0 N–H and O–H groups in total. The quantitative estimate of drug-likeness (QED) is 0.598. The number of hydrogen-bond acceptors (Lipinski definition) is 6. The molecule has 1 aliphatic heterocycles. The molecule has 1 atom stereocenters. The summed E-state index contributed by atoms with van der Waals surface area (Å²) in [6, 6.07) is 7.41. The predicted molar refractivity (Wildman–Crippen MR) is 82.3 cm³/mol. The van der Waals surface area contributed by atoms with Gasteiger partial charge in [0.15, 0.2) is 5.60 Å². The smallest absolute Gasteiger partial charge is 0.415 e. The van der Waals surface area contributed by atoms with Crippen LogP contribution >= 0.6 is 15.9 Å². The molecule has 1 aromatic carbocycles. The van der Waals surface area contributed by atoms with E-state index in [0.29, 0.717) is 17.9 Å². The first-order valence-electron chi connectivity index (χ1n) is 6.63. The number of nitriles is 1. The molecule has 0 bridgehead atoms. The highest BCUT2D eigenvalue weighted by atomic mass is 79.9. The average Bonchev–Trinajstić information content (AvgIpc) is 3.01. The minimum absolute atomic E-state index is 0.181. The molecule has 23 heavy (non-hydrogen) atoms. The molecule has 0 spiro atoms. The molecule has 2 heterocycles. The van der Waals surface area contributed by atoms with Crippen LogP contribution in [0, 0.1) is 21.4 Å². The SMILES string of the molecule is CC1(COc2ccc(Br)cc2C#N)Cn2cc([N+](=O)[O-])nc2O1. The van der Waals surface area contributed by atoms with Gasteiger partial charge in [0.05, 0.1) is 12.1 Å². The van der Waals surface area contributed by atoms with E-state index < -0.39 is 10.5 Å². The summed E-state index contributed by atoms with van der Waals surface area (Å²) >= 11 is 3.30. The minimum Gasteiger partial charge on any atom is -0.488 e. The summed E-state index contributed by atoms with van der Waals surface area (Å²) in [6.45, 7) is 2.38. The van der Waals surface area contributed by atoms with Crippen molar-refractivity contribution in [3.05, 3.63) is 44.5 Å². The Morgan fingerprint density at radius 2 is 2.43 bits per heavy atom. The van der Waals surface area contributed by atoms with E-state index in [9.17, 15) is 10.1 Å². The van der Waals surface area contributed by atoms with Gasteiger partial charge in [0.1, 0.15) is 24.6 Å². The molecule has 2 aromatic rings. The fourth-order valence-corrected chi connectivity index (χ4v) is 2.66. The van der Waals surface area contributed by atoms with Crippen molar-refractivity contribution in [3.8, 4) is 17.8 Å². The number of rotatable bonds is 4. The number of fused-ring (bicyclic) bond motifs is 1. The highest BCUT2D eigenvalue weighted by Gasteiger charge is 2.41. The molecule has 118 valence electrons. The van der Waals surface area contributed by atoms with Gasteiger partial charge in [0.25, 0.3) is 0 Å². The standard InChI is InChI=1S/C14H11BrN4O4/c1-14(7-18-6-12(19(20)21)17-13(18)23-14)8-22-11-3-2-10(15)4-9(11)5-16/h2-4,6H,7-8H2,1H3. The molecule has 9 heteroatoms. The first kappa shape index (κ1) is 15.3. The summed E-state index contributed by atoms with van der Waals surface area (Å²) in [7, 11) is 0. The van der Waals surface area contributed by atoms with Crippen LogP contribution in [0.15, 0.2) is 28.9 Å². The van der Waals surface area contributed by atoms with E-state index in [1.807, 2.05) is 6.92 Å². The summed E-state index contributed by atoms with van der Waals surface area (Å²) in [5, 5.41) is 19.8. The maximum Gasteiger partial charge on any atom is 0.415 e. The number of nitrogens with zero attached hydrogens (tertiary/aromatic N) is 4. The zero-order valence-corrected chi connectivity index (χ0v) is 13.6. The molecule has 0 amide bonds. The number of nitro groups is 1. The normalized spacial score (nSPS) is 18.8. The van der Waals surface area contributed by atoms with Crippen LogP contribution in [0.4, 0.5) is 5.82 Å². The van der Waals surface area contributed by atoms with Crippen LogP contribution < -0.4 is 9.47 Å². The molecule has 0 aliphatic carbocycles. The highest BCUT2D eigenvalue weighted by Crippen LogP contribution is 2.32. The molecule has 0 fully saturated rings. The zero-order chi connectivity index (χ0) is 16.6. The molecule has 1 aromatic heterocycles. The topological polar surface area (TPSA) is 103 Å². The fraction of sp³-hybridized carbons (Fsp3) is 0.286. The lowest BCUT2D eigenvalue weighted by molar-refractivity contribution is -0.389. The van der Waals surface area contributed by atoms with Crippen molar-refractivity contribution in [1.82, 2.24) is 9.55 Å². The molecule has 0 radical (unpaired) electrons. The number of aromatic nitrogens is 2. The largest absolute Gasteiger partial charge is 0.488 e. The third-order valence-electron chi connectivity index (χ3n) is 3.35. The van der Waals surface area contributed by atoms with Gasteiger partial charge in [0, 0.05) is 9.46 Å². The van der Waals surface area contributed by atoms with Gasteiger partial charge in [-0.3, -0.25) is 4.57 Å². The lowest BCUT2D eigenvalue weighted by Crippen LogP contribution is -2.38. The van der Waals surface area contributed by atoms with Crippen molar-refractivity contribution in [3.63, 3.8) is 0 Å². The summed E-state index contributed by atoms with van der Waals surface area (Å²) in [6.07, 6.45) is 1.33. The van der Waals surface area contributed by atoms with E-state index in [1.54, 1.807) is 22.8 Å². The Kier molecular flexibility index (Phi) is 3.69. The van der Waals surface area contributed by atoms with E-state index in [2.05, 4.69) is 27.0 Å². The van der Waals surface area contributed by atoms with Crippen molar-refractivity contribution in [1.29, 1.82) is 5.26 Å². The number of benzene rings is 1. The molecule has 1 aliphatic rings. The second-order valence-corrected chi connectivity index (χ2v) is 6.28. The lowest BCUT2D eigenvalue weighted by Gasteiger charge is -2.22. The number of ether oxygens (including phenoxy) is 2. The van der Waals surface area contributed by atoms with Crippen molar-refractivity contribution in [2.75, 3.05) is 6.61 Å². The summed E-state index contributed by atoms with van der Waals surface area (Å²) < 4.78 is 13.7. The summed E-state index contributed by atoms with van der Waals surface area (Å²) in [5.41, 5.74) is -0.300. The number of hydrogen-bond donors (Lipinski definition) is 0. The maximum absolute atomic E-state index is 10.7. The maximum atomic E-state index is 10.7. The lowest BCUT2D eigenvalue weighted by atomic mass is 10.1. The summed E-state index contributed by atoms with van der Waals surface area (Å²) in [5.74, 6) is 0.207. The van der Waals surface area contributed by atoms with E-state index in [0.717, 1.165) is 4.47 Å². The van der Waals surface area contributed by atoms with Gasteiger partial charge in [0.2, 0.25) is 0 Å². The molecule has 1 unspecified atom stereocenters. The Hall–Kier alpha value is -2.60. The minimum atomic E-state index is -0.711. The van der Waals surface area contributed by atoms with E-state index in [1.165, 1.54) is 6.20 Å². The molecule has 3 rings (SSSR count). The van der Waals surface area contributed by atoms with Crippen LogP contribution in [0.25, 0.3) is 0 Å². The third kappa shape index (κ3) is 2.98. The Labute approximate surface area is 139 Å². The highest BCUT2D eigenvalue weighted by molar-refractivity contribution is 9.10. The average molecular weight is 379 g/mol. The Balaban J connectivity index is 1.71. The predicted octanol–water partition coefficient (Wildman–Crippen LogP) is 2.66. The first-order chi connectivity index (χ1) is 10.9. The Morgan fingerprint density at radius 1 is 1.65 bits per heavy atom. The Bertz CT molecular complexity index is 803. The van der Waals surface area contributed by atoms with Crippen LogP contribution in [-0.2, 0) is 6.54 Å². The molecule has 8 nitrogen and oxygen atoms in total. The van der Waals surface area contributed by atoms with Gasteiger partial charge in [-0.2, -0.15) is 5.26 Å². The van der Waals surface area contributed by atoms with Crippen LogP contribution in [0.2, 0.25) is 0 Å². The van der Waals surface area contributed by atoms with Gasteiger partial charge in [-0.1, -0.05) is 15.9 Å². The monoisotopic (exact) mass is 378 g/mol. The molecule has 0 saturated heterocycles. The van der Waals surface area contributed by atoms with Crippen LogP contribution in [0.5, 0.6) is 11.8 Å². The van der Waals surface area contributed by atoms with Crippen LogP contribution in [0.1, 0.15) is 12.5 Å². The van der Waals surface area contributed by atoms with Crippen molar-refractivity contribution < 1.29 is 14.4 Å². The van der Waals surface area contributed by atoms with E-state index in [-0.39, 0.29) is 18.4 Å². The van der Waals surface area contributed by atoms with Gasteiger partial charge >= 0.3 is 11.8 Å². The summed E-state index contributed by atoms with van der Waals surface area (Å²) in [4.78, 5) is 13.9. The third-order valence-corrected chi connectivity index (χ3v) is 3.85. The van der Waals surface area contributed by atoms with Crippen LogP contribution in [0.3, 0.4) is 0 Å². The molecular weight excluding hydrogens is 368 g/mol. The zero-order valence-electron chi connectivity index (χ0n) is 12.0. The van der Waals surface area contributed by atoms with Gasteiger partial charge < -0.3 is 19.6 Å². The fourth-order valence-electron chi connectivity index (χ4n) is 2.30. The molecule has 0 saturated carbocycles. The van der Waals surface area contributed by atoms with E-state index >= 15 is 0 Å².